The Morgan fingerprint density at radius 2 is 2.07 bits per heavy atom. The zero-order valence-corrected chi connectivity index (χ0v) is 9.62. The second-order valence-electron chi connectivity index (χ2n) is 5.65. The van der Waals surface area contributed by atoms with Crippen molar-refractivity contribution in [2.45, 2.75) is 51.2 Å². The Bertz CT molecular complexity index is 252. The van der Waals surface area contributed by atoms with Gasteiger partial charge in [-0.15, -0.1) is 0 Å². The van der Waals surface area contributed by atoms with E-state index in [1.165, 1.54) is 4.90 Å². The Balaban J connectivity index is 2.23. The molecule has 1 amide bonds. The lowest BCUT2D eigenvalue weighted by Gasteiger charge is -2.44. The summed E-state index contributed by atoms with van der Waals surface area (Å²) in [5, 5.41) is 14.6. The molecule has 3 atom stereocenters. The zero-order chi connectivity index (χ0) is 11.2. The molecule has 1 N–H and O–H groups in total. The summed E-state index contributed by atoms with van der Waals surface area (Å²) >= 11 is 0. The van der Waals surface area contributed by atoms with Gasteiger partial charge < -0.3 is 20.1 Å². The van der Waals surface area contributed by atoms with Gasteiger partial charge in [-0.05, 0) is 39.5 Å². The molecular weight excluding hydrogens is 192 g/mol. The fourth-order valence-electron chi connectivity index (χ4n) is 3.05. The van der Waals surface area contributed by atoms with Crippen LogP contribution >= 0.6 is 0 Å². The molecule has 86 valence electrons. The average molecular weight is 211 g/mol. The van der Waals surface area contributed by atoms with Crippen molar-refractivity contribution in [3.05, 3.63) is 0 Å². The van der Waals surface area contributed by atoms with Crippen LogP contribution in [0.2, 0.25) is 0 Å². The normalized spacial score (nSPS) is 34.5. The Morgan fingerprint density at radius 3 is 2.33 bits per heavy atom. The molecule has 0 aromatic heterocycles. The molecule has 0 unspecified atom stereocenters. The van der Waals surface area contributed by atoms with Gasteiger partial charge in [-0.3, -0.25) is 0 Å². The van der Waals surface area contributed by atoms with Crippen molar-refractivity contribution in [2.75, 3.05) is 6.54 Å². The van der Waals surface area contributed by atoms with E-state index in [2.05, 4.69) is 5.32 Å². The van der Waals surface area contributed by atoms with Gasteiger partial charge in [-0.25, -0.2) is 0 Å². The van der Waals surface area contributed by atoms with Crippen LogP contribution in [0.1, 0.15) is 33.6 Å². The largest absolute Gasteiger partial charge is 0.530 e. The monoisotopic (exact) mass is 211 g/mol. The van der Waals surface area contributed by atoms with E-state index in [-0.39, 0.29) is 11.6 Å². The Hall–Kier alpha value is -0.770. The number of carbonyl (C=O) groups excluding carboxylic acids is 1. The number of nitrogens with one attached hydrogen (secondary N) is 1. The van der Waals surface area contributed by atoms with Crippen molar-refractivity contribution >= 4 is 6.09 Å². The second-order valence-corrected chi connectivity index (χ2v) is 5.65. The van der Waals surface area contributed by atoms with Crippen LogP contribution < -0.4 is 10.4 Å². The first kappa shape index (κ1) is 10.7. The van der Waals surface area contributed by atoms with Crippen LogP contribution in [-0.2, 0) is 0 Å². The molecule has 4 heteroatoms. The van der Waals surface area contributed by atoms with E-state index in [0.717, 1.165) is 19.4 Å². The Morgan fingerprint density at radius 1 is 1.40 bits per heavy atom. The number of amides is 1. The van der Waals surface area contributed by atoms with Gasteiger partial charge in [-0.1, -0.05) is 0 Å². The fourth-order valence-corrected chi connectivity index (χ4v) is 3.05. The maximum absolute atomic E-state index is 11.2. The van der Waals surface area contributed by atoms with Gasteiger partial charge in [-0.2, -0.15) is 0 Å². The molecule has 2 bridgehead atoms. The molecule has 15 heavy (non-hydrogen) atoms. The molecule has 0 aromatic rings. The summed E-state index contributed by atoms with van der Waals surface area (Å²) in [5.74, 6) is 0.479. The molecule has 0 spiro atoms. The van der Waals surface area contributed by atoms with Crippen molar-refractivity contribution in [2.24, 2.45) is 5.92 Å². The van der Waals surface area contributed by atoms with Crippen LogP contribution in [0.3, 0.4) is 0 Å². The van der Waals surface area contributed by atoms with Crippen LogP contribution in [0, 0.1) is 5.92 Å². The van der Waals surface area contributed by atoms with Crippen molar-refractivity contribution in [1.82, 2.24) is 10.2 Å². The van der Waals surface area contributed by atoms with E-state index in [1.54, 1.807) is 0 Å². The maximum Gasteiger partial charge on any atom is 0.137 e. The summed E-state index contributed by atoms with van der Waals surface area (Å²) in [4.78, 5) is 12.8. The lowest BCUT2D eigenvalue weighted by Crippen LogP contribution is -2.59. The van der Waals surface area contributed by atoms with Gasteiger partial charge in [0.15, 0.2) is 0 Å². The van der Waals surface area contributed by atoms with E-state index >= 15 is 0 Å². The van der Waals surface area contributed by atoms with Gasteiger partial charge in [0.05, 0.1) is 0 Å². The van der Waals surface area contributed by atoms with Gasteiger partial charge in [0.2, 0.25) is 0 Å². The van der Waals surface area contributed by atoms with Crippen LogP contribution in [0.4, 0.5) is 4.79 Å². The third-order valence-corrected chi connectivity index (χ3v) is 3.60. The number of rotatable bonds is 1. The number of hydrogen-bond acceptors (Lipinski definition) is 3. The second kappa shape index (κ2) is 3.37. The average Bonchev–Trinajstić information content (AvgIpc) is 2.62. The van der Waals surface area contributed by atoms with E-state index in [9.17, 15) is 9.90 Å². The number of piperidine rings is 1. The molecule has 1 aliphatic heterocycles. The molecule has 1 heterocycles. The molecule has 2 fully saturated rings. The minimum Gasteiger partial charge on any atom is -0.530 e. The molecular formula is C11H19N2O2-. The van der Waals surface area contributed by atoms with Gasteiger partial charge >= 0.3 is 0 Å². The lowest BCUT2D eigenvalue weighted by molar-refractivity contribution is -0.274. The molecule has 1 saturated carbocycles. The van der Waals surface area contributed by atoms with E-state index in [0.29, 0.717) is 12.0 Å². The number of carboxylic acid groups (broad SMARTS) is 1. The van der Waals surface area contributed by atoms with E-state index < -0.39 is 6.09 Å². The highest BCUT2D eigenvalue weighted by molar-refractivity contribution is 5.64. The van der Waals surface area contributed by atoms with Crippen LogP contribution in [0.15, 0.2) is 0 Å². The smallest absolute Gasteiger partial charge is 0.137 e. The van der Waals surface area contributed by atoms with Gasteiger partial charge in [0.25, 0.3) is 0 Å². The van der Waals surface area contributed by atoms with Crippen LogP contribution in [0.5, 0.6) is 0 Å². The summed E-state index contributed by atoms with van der Waals surface area (Å²) in [7, 11) is 0. The van der Waals surface area contributed by atoms with Crippen LogP contribution in [-0.4, -0.2) is 35.2 Å². The first-order valence-corrected chi connectivity index (χ1v) is 5.65. The molecule has 1 aliphatic carbocycles. The van der Waals surface area contributed by atoms with Crippen molar-refractivity contribution in [1.29, 1.82) is 0 Å². The fraction of sp³-hybridized carbons (Fsp3) is 0.909. The SMILES string of the molecule is CC(C)(C)N(C(=O)[O-])[C@H]1[C@@H]2CC[C@H]1NC2. The first-order valence-electron chi connectivity index (χ1n) is 5.65. The minimum absolute atomic E-state index is 0.120. The zero-order valence-electron chi connectivity index (χ0n) is 9.62. The molecule has 4 nitrogen and oxygen atoms in total. The first-order chi connectivity index (χ1) is 6.91. The topological polar surface area (TPSA) is 55.4 Å². The predicted octanol–water partition coefficient (Wildman–Crippen LogP) is 0.181. The number of carbonyl (C=O) groups is 1. The van der Waals surface area contributed by atoms with Crippen molar-refractivity contribution in [3.63, 3.8) is 0 Å². The summed E-state index contributed by atoms with van der Waals surface area (Å²) < 4.78 is 0. The Kier molecular flexibility index (Phi) is 2.41. The van der Waals surface area contributed by atoms with Gasteiger partial charge in [0, 0.05) is 24.2 Å². The maximum atomic E-state index is 11.2. The molecule has 0 aromatic carbocycles. The van der Waals surface area contributed by atoms with Gasteiger partial charge in [0.1, 0.15) is 6.09 Å². The molecule has 2 rings (SSSR count). The number of fused-ring (bicyclic) bond motifs is 2. The molecule has 1 saturated heterocycles. The standard InChI is InChI=1S/C11H20N2O2/c1-11(2,3)13(10(14)15)9-7-4-5-8(9)12-6-7/h7-9,12H,4-6H2,1-3H3,(H,14,15)/p-1/t7-,8-,9+/m1/s1. The predicted molar refractivity (Wildman–Crippen MR) is 55.3 cm³/mol. The highest BCUT2D eigenvalue weighted by Crippen LogP contribution is 2.37. The third-order valence-electron chi connectivity index (χ3n) is 3.60. The van der Waals surface area contributed by atoms with E-state index in [4.69, 9.17) is 0 Å². The minimum atomic E-state index is -1.03. The highest BCUT2D eigenvalue weighted by atomic mass is 16.4. The summed E-state index contributed by atoms with van der Waals surface area (Å²) in [5.41, 5.74) is -0.365. The number of nitrogens with zero attached hydrogens (tertiary/aromatic N) is 1. The van der Waals surface area contributed by atoms with Crippen molar-refractivity contribution in [3.8, 4) is 0 Å². The van der Waals surface area contributed by atoms with Crippen LogP contribution in [0.25, 0.3) is 0 Å². The summed E-state index contributed by atoms with van der Waals surface area (Å²) in [6.07, 6.45) is 1.20. The van der Waals surface area contributed by atoms with E-state index in [1.807, 2.05) is 20.8 Å². The quantitative estimate of drug-likeness (QED) is 0.673. The molecule has 0 radical (unpaired) electrons. The summed E-state index contributed by atoms with van der Waals surface area (Å²) in [6.45, 7) is 6.75. The Labute approximate surface area is 90.6 Å². The lowest BCUT2D eigenvalue weighted by atomic mass is 9.98. The molecule has 2 aliphatic rings. The van der Waals surface area contributed by atoms with Crippen molar-refractivity contribution < 1.29 is 9.90 Å². The summed E-state index contributed by atoms with van der Waals surface area (Å²) in [6, 6.07) is 0.460. The highest BCUT2D eigenvalue weighted by Gasteiger charge is 2.47. The third kappa shape index (κ3) is 1.71. The number of hydrogen-bond donors (Lipinski definition) is 1.